The van der Waals surface area contributed by atoms with Gasteiger partial charge >= 0.3 is 12.2 Å². The minimum Gasteiger partial charge on any atom is -0.457 e. The number of nitrogens with zero attached hydrogens (tertiary/aromatic N) is 1. The Kier molecular flexibility index (Phi) is 10.3. The van der Waals surface area contributed by atoms with Crippen molar-refractivity contribution in [2.45, 2.75) is 6.18 Å². The molecule has 1 heterocycles. The molecule has 0 fully saturated rings. The van der Waals surface area contributed by atoms with E-state index in [0.717, 1.165) is 12.1 Å². The maximum absolute atomic E-state index is 13.1. The molecule has 1 aromatic heterocycles. The predicted molar refractivity (Wildman–Crippen MR) is 161 cm³/mol. The second kappa shape index (κ2) is 14.1. The number of hydrogen-bond acceptors (Lipinski definition) is 5. The summed E-state index contributed by atoms with van der Waals surface area (Å²) in [6.07, 6.45) is -0.725. The molecule has 226 valence electrons. The number of nitrogens with one attached hydrogen (secondary N) is 4. The lowest BCUT2D eigenvalue weighted by Gasteiger charge is -2.12. The topological polar surface area (TPSA) is 121 Å². The number of benzene rings is 3. The zero-order valence-corrected chi connectivity index (χ0v) is 24.3. The summed E-state index contributed by atoms with van der Waals surface area (Å²) in [4.78, 5) is 40.8. The number of alkyl halides is 3. The van der Waals surface area contributed by atoms with Gasteiger partial charge in [0.15, 0.2) is 0 Å². The average Bonchev–Trinajstić information content (AvgIpc) is 2.97. The summed E-state index contributed by atoms with van der Waals surface area (Å²) in [5.41, 5.74) is 4.10. The first kappa shape index (κ1) is 32.1. The lowest BCUT2D eigenvalue weighted by Crippen LogP contribution is -2.41. The van der Waals surface area contributed by atoms with Crippen molar-refractivity contribution in [3.05, 3.63) is 117 Å². The number of aromatic nitrogens is 1. The number of halogens is 6. The highest BCUT2D eigenvalue weighted by molar-refractivity contribution is 6.35. The first-order chi connectivity index (χ1) is 20.9. The predicted octanol–water partition coefficient (Wildman–Crippen LogP) is 7.97. The molecule has 0 radical (unpaired) electrons. The van der Waals surface area contributed by atoms with Gasteiger partial charge in [0.25, 0.3) is 11.8 Å². The van der Waals surface area contributed by atoms with Crippen LogP contribution in [0.1, 0.15) is 21.6 Å². The van der Waals surface area contributed by atoms with Gasteiger partial charge in [-0.05, 0) is 72.3 Å². The van der Waals surface area contributed by atoms with Gasteiger partial charge in [-0.3, -0.25) is 25.4 Å². The van der Waals surface area contributed by atoms with Gasteiger partial charge < -0.3 is 15.4 Å². The molecule has 4 amide bonds. The van der Waals surface area contributed by atoms with Crippen molar-refractivity contribution in [1.82, 2.24) is 15.8 Å². The quantitative estimate of drug-likeness (QED) is 0.118. The van der Waals surface area contributed by atoms with Crippen LogP contribution in [0, 0.1) is 0 Å². The summed E-state index contributed by atoms with van der Waals surface area (Å²) in [5.74, 6) is -0.760. The highest BCUT2D eigenvalue weighted by Crippen LogP contribution is 2.36. The van der Waals surface area contributed by atoms with E-state index in [4.69, 9.17) is 39.5 Å². The SMILES string of the molecule is O=C(/C=C/c1ccc(Cl)cc1Cl)NNC(=O)c1cc(Oc2ccc(NC(=O)Nc3ccc(Cl)c(C(F)(F)F)c3)cc2)ccn1. The van der Waals surface area contributed by atoms with Gasteiger partial charge in [0.1, 0.15) is 17.2 Å². The molecule has 15 heteroatoms. The summed E-state index contributed by atoms with van der Waals surface area (Å²) >= 11 is 17.5. The minimum absolute atomic E-state index is 0.0571. The molecule has 0 aliphatic rings. The van der Waals surface area contributed by atoms with Crippen molar-refractivity contribution in [2.24, 2.45) is 0 Å². The van der Waals surface area contributed by atoms with E-state index in [2.05, 4.69) is 26.5 Å². The highest BCUT2D eigenvalue weighted by atomic mass is 35.5. The first-order valence-corrected chi connectivity index (χ1v) is 13.4. The molecule has 4 rings (SSSR count). The van der Waals surface area contributed by atoms with Crippen LogP contribution in [0.5, 0.6) is 11.5 Å². The summed E-state index contributed by atoms with van der Waals surface area (Å²) in [6, 6.07) is 15.8. The fourth-order valence-corrected chi connectivity index (χ4v) is 4.18. The van der Waals surface area contributed by atoms with Gasteiger partial charge in [0.05, 0.1) is 10.6 Å². The first-order valence-electron chi connectivity index (χ1n) is 12.3. The largest absolute Gasteiger partial charge is 0.457 e. The number of hydrogen-bond donors (Lipinski definition) is 4. The number of amides is 4. The summed E-state index contributed by atoms with van der Waals surface area (Å²) in [6.45, 7) is 0. The second-order valence-electron chi connectivity index (χ2n) is 8.72. The van der Waals surface area contributed by atoms with Crippen LogP contribution in [-0.2, 0) is 11.0 Å². The second-order valence-corrected chi connectivity index (χ2v) is 9.97. The van der Waals surface area contributed by atoms with Gasteiger partial charge in [-0.1, -0.05) is 40.9 Å². The van der Waals surface area contributed by atoms with Crippen LogP contribution < -0.4 is 26.2 Å². The zero-order chi connectivity index (χ0) is 31.9. The highest BCUT2D eigenvalue weighted by Gasteiger charge is 2.33. The fourth-order valence-electron chi connectivity index (χ4n) is 3.48. The molecule has 4 N–H and O–H groups in total. The molecular weight excluding hydrogens is 646 g/mol. The molecule has 0 unspecified atom stereocenters. The Morgan fingerprint density at radius 3 is 2.18 bits per heavy atom. The number of anilines is 2. The van der Waals surface area contributed by atoms with Crippen LogP contribution in [-0.4, -0.2) is 22.8 Å². The Morgan fingerprint density at radius 1 is 0.773 bits per heavy atom. The van der Waals surface area contributed by atoms with Crippen LogP contribution in [0.4, 0.5) is 29.3 Å². The van der Waals surface area contributed by atoms with Crippen molar-refractivity contribution >= 4 is 70.1 Å². The third-order valence-corrected chi connectivity index (χ3v) is 6.41. The number of pyridine rings is 1. The van der Waals surface area contributed by atoms with Gasteiger partial charge in [-0.15, -0.1) is 0 Å². The maximum atomic E-state index is 13.1. The van der Waals surface area contributed by atoms with E-state index in [0.29, 0.717) is 27.0 Å². The van der Waals surface area contributed by atoms with Gasteiger partial charge in [0.2, 0.25) is 0 Å². The number of carbonyl (C=O) groups excluding carboxylic acids is 3. The maximum Gasteiger partial charge on any atom is 0.417 e. The normalized spacial score (nSPS) is 11.1. The molecule has 0 saturated carbocycles. The molecular formula is C29H19Cl3F3N5O4. The van der Waals surface area contributed by atoms with Crippen molar-refractivity contribution in [1.29, 1.82) is 0 Å². The number of rotatable bonds is 7. The molecule has 0 aliphatic carbocycles. The van der Waals surface area contributed by atoms with Gasteiger partial charge in [0, 0.05) is 39.8 Å². The molecule has 44 heavy (non-hydrogen) atoms. The van der Waals surface area contributed by atoms with E-state index in [1.807, 2.05) is 0 Å². The van der Waals surface area contributed by atoms with Crippen LogP contribution >= 0.6 is 34.8 Å². The van der Waals surface area contributed by atoms with Crippen LogP contribution in [0.25, 0.3) is 6.08 Å². The molecule has 0 aliphatic heterocycles. The molecule has 0 spiro atoms. The van der Waals surface area contributed by atoms with Crippen LogP contribution in [0.15, 0.2) is 85.1 Å². The summed E-state index contributed by atoms with van der Waals surface area (Å²) in [5, 5.41) is 5.11. The summed E-state index contributed by atoms with van der Waals surface area (Å²) in [7, 11) is 0. The van der Waals surface area contributed by atoms with E-state index in [-0.39, 0.29) is 17.1 Å². The monoisotopic (exact) mass is 663 g/mol. The molecule has 3 aromatic carbocycles. The smallest absolute Gasteiger partial charge is 0.417 e. The van der Waals surface area contributed by atoms with Gasteiger partial charge in [-0.2, -0.15) is 13.2 Å². The van der Waals surface area contributed by atoms with E-state index >= 15 is 0 Å². The average molecular weight is 665 g/mol. The number of ether oxygens (including phenoxy) is 1. The molecule has 9 nitrogen and oxygen atoms in total. The third kappa shape index (κ3) is 9.11. The van der Waals surface area contributed by atoms with E-state index in [9.17, 15) is 27.6 Å². The van der Waals surface area contributed by atoms with Crippen molar-refractivity contribution in [3.63, 3.8) is 0 Å². The Hall–Kier alpha value is -4.78. The van der Waals surface area contributed by atoms with E-state index in [1.165, 1.54) is 66.9 Å². The Labute approximate surface area is 262 Å². The Morgan fingerprint density at radius 2 is 1.48 bits per heavy atom. The lowest BCUT2D eigenvalue weighted by molar-refractivity contribution is -0.137. The zero-order valence-electron chi connectivity index (χ0n) is 22.0. The van der Waals surface area contributed by atoms with Crippen LogP contribution in [0.3, 0.4) is 0 Å². The number of hydrazine groups is 1. The minimum atomic E-state index is -4.68. The molecule has 4 aromatic rings. The molecule has 0 saturated heterocycles. The lowest BCUT2D eigenvalue weighted by atomic mass is 10.2. The standard InChI is InChI=1S/C29H19Cl3F3N5O4/c30-17-3-1-16(24(32)13-17)2-10-26(41)39-40-27(42)25-15-21(11-12-36-25)44-20-7-4-18(5-8-20)37-28(43)38-19-6-9-23(31)22(14-19)29(33,34)35/h1-15H,(H,39,41)(H,40,42)(H2,37,38,43)/b10-2+. The van der Waals surface area contributed by atoms with Crippen molar-refractivity contribution < 1.29 is 32.3 Å². The Bertz CT molecular complexity index is 1730. The molecule has 0 atom stereocenters. The third-order valence-electron chi connectivity index (χ3n) is 5.52. The number of carbonyl (C=O) groups is 3. The fraction of sp³-hybridized carbons (Fsp3) is 0.0345. The number of urea groups is 1. The van der Waals surface area contributed by atoms with Crippen molar-refractivity contribution in [2.75, 3.05) is 10.6 Å². The van der Waals surface area contributed by atoms with E-state index in [1.54, 1.807) is 12.1 Å². The van der Waals surface area contributed by atoms with Crippen molar-refractivity contribution in [3.8, 4) is 11.5 Å². The Balaban J connectivity index is 1.29. The van der Waals surface area contributed by atoms with Gasteiger partial charge in [-0.25, -0.2) is 4.79 Å². The summed E-state index contributed by atoms with van der Waals surface area (Å²) < 4.78 is 44.9. The van der Waals surface area contributed by atoms with E-state index < -0.39 is 34.6 Å². The van der Waals surface area contributed by atoms with Crippen LogP contribution in [0.2, 0.25) is 15.1 Å². The molecule has 0 bridgehead atoms.